The van der Waals surface area contributed by atoms with Crippen molar-refractivity contribution in [2.45, 2.75) is 38.2 Å². The summed E-state index contributed by atoms with van der Waals surface area (Å²) in [6, 6.07) is 12.5. The lowest BCUT2D eigenvalue weighted by Crippen LogP contribution is -2.19. The van der Waals surface area contributed by atoms with Gasteiger partial charge in [0, 0.05) is 45.9 Å². The molecule has 0 amide bonds. The predicted molar refractivity (Wildman–Crippen MR) is 152 cm³/mol. The van der Waals surface area contributed by atoms with Crippen molar-refractivity contribution >= 4 is 21.8 Å². The maximum absolute atomic E-state index is 14.3. The molecule has 0 unspecified atom stereocenters. The zero-order valence-corrected chi connectivity index (χ0v) is 21.9. The second kappa shape index (κ2) is 10.1. The highest BCUT2D eigenvalue weighted by Gasteiger charge is 2.18. The average Bonchev–Trinajstić information content (AvgIpc) is 3.61. The summed E-state index contributed by atoms with van der Waals surface area (Å²) < 4.78 is 25.8. The van der Waals surface area contributed by atoms with Gasteiger partial charge in [0.15, 0.2) is 0 Å². The maximum Gasteiger partial charge on any atom is 0.138 e. The minimum Gasteiger partial charge on any atom is -0.497 e. The largest absolute Gasteiger partial charge is 0.497 e. The van der Waals surface area contributed by atoms with E-state index in [1.165, 1.54) is 38.5 Å². The van der Waals surface area contributed by atoms with Crippen LogP contribution in [-0.4, -0.2) is 43.3 Å². The van der Waals surface area contributed by atoms with Gasteiger partial charge in [-0.25, -0.2) is 4.39 Å². The Balaban J connectivity index is 1.26. The van der Waals surface area contributed by atoms with Gasteiger partial charge in [0.05, 0.1) is 48.2 Å². The number of pyridine rings is 3. The molecule has 1 saturated carbocycles. The van der Waals surface area contributed by atoms with Crippen LogP contribution in [0.15, 0.2) is 67.3 Å². The topological polar surface area (TPSA) is 102 Å². The molecule has 1 aliphatic carbocycles. The number of aromatic amines is 2. The van der Waals surface area contributed by atoms with Crippen LogP contribution in [0, 0.1) is 5.82 Å². The van der Waals surface area contributed by atoms with E-state index < -0.39 is 0 Å². The van der Waals surface area contributed by atoms with Crippen molar-refractivity contribution in [3.63, 3.8) is 0 Å². The minimum absolute atomic E-state index is 0.247. The number of benzene rings is 1. The lowest BCUT2D eigenvalue weighted by Gasteiger charge is -2.22. The molecule has 0 atom stereocenters. The average molecular weight is 535 g/mol. The molecule has 6 aromatic rings. The van der Waals surface area contributed by atoms with Gasteiger partial charge in [-0.1, -0.05) is 6.42 Å². The molecule has 200 valence electrons. The second-order valence-electron chi connectivity index (χ2n) is 10.2. The summed E-state index contributed by atoms with van der Waals surface area (Å²) in [6.07, 6.45) is 13.2. The van der Waals surface area contributed by atoms with E-state index in [4.69, 9.17) is 9.47 Å². The van der Waals surface area contributed by atoms with Crippen LogP contribution in [0.5, 0.6) is 11.5 Å². The maximum atomic E-state index is 14.3. The van der Waals surface area contributed by atoms with E-state index >= 15 is 0 Å². The smallest absolute Gasteiger partial charge is 0.138 e. The van der Waals surface area contributed by atoms with Crippen molar-refractivity contribution < 1.29 is 13.9 Å². The molecular weight excluding hydrogens is 507 g/mol. The summed E-state index contributed by atoms with van der Waals surface area (Å²) in [6.45, 7) is 0. The normalized spacial score (nSPS) is 14.2. The van der Waals surface area contributed by atoms with Crippen LogP contribution in [0.3, 0.4) is 0 Å². The first-order valence-corrected chi connectivity index (χ1v) is 13.4. The number of nitrogens with one attached hydrogen (secondary N) is 2. The fourth-order valence-electron chi connectivity index (χ4n) is 5.51. The van der Waals surface area contributed by atoms with E-state index in [1.807, 2.05) is 24.3 Å². The molecule has 0 radical (unpaired) electrons. The summed E-state index contributed by atoms with van der Waals surface area (Å²) in [5.74, 6) is 0.818. The zero-order valence-electron chi connectivity index (χ0n) is 21.9. The second-order valence-corrected chi connectivity index (χ2v) is 10.2. The summed E-state index contributed by atoms with van der Waals surface area (Å²) in [7, 11) is 1.52. The third-order valence-electron chi connectivity index (χ3n) is 7.49. The molecule has 1 aromatic carbocycles. The van der Waals surface area contributed by atoms with Gasteiger partial charge in [-0.2, -0.15) is 5.10 Å². The van der Waals surface area contributed by atoms with Crippen LogP contribution in [0.25, 0.3) is 55.7 Å². The molecule has 5 heterocycles. The van der Waals surface area contributed by atoms with Crippen LogP contribution in [0.1, 0.15) is 32.1 Å². The number of methoxy groups -OCH3 is 1. The number of ether oxygens (including phenoxy) is 2. The van der Waals surface area contributed by atoms with Crippen LogP contribution < -0.4 is 9.47 Å². The molecule has 1 aliphatic rings. The van der Waals surface area contributed by atoms with Gasteiger partial charge in [-0.15, -0.1) is 0 Å². The molecular formula is C31H27FN6O2. The standard InChI is InChI=1S/C31H27FN6O2/c1-39-22-10-18(9-20(32)12-22)30-24-14-28(36-26(24)7-8-34-30)31-25-13-27(35-17-29(25)37-38-31)19-11-23(16-33-15-19)40-21-5-3-2-4-6-21/h7-17,21,36H,2-6H2,1H3,(H,37,38). The van der Waals surface area contributed by atoms with Crippen molar-refractivity contribution in [2.24, 2.45) is 0 Å². The Morgan fingerprint density at radius 1 is 0.825 bits per heavy atom. The Hall–Kier alpha value is -4.79. The lowest BCUT2D eigenvalue weighted by atomic mass is 9.98. The Morgan fingerprint density at radius 3 is 2.55 bits per heavy atom. The molecule has 9 heteroatoms. The number of hydrogen-bond acceptors (Lipinski definition) is 6. The van der Waals surface area contributed by atoms with Crippen LogP contribution in [0.4, 0.5) is 4.39 Å². The molecule has 0 bridgehead atoms. The van der Waals surface area contributed by atoms with Crippen LogP contribution in [0.2, 0.25) is 0 Å². The van der Waals surface area contributed by atoms with Crippen LogP contribution >= 0.6 is 0 Å². The van der Waals surface area contributed by atoms with Crippen LogP contribution in [-0.2, 0) is 0 Å². The van der Waals surface area contributed by atoms with E-state index in [9.17, 15) is 4.39 Å². The Kier molecular flexibility index (Phi) is 6.11. The monoisotopic (exact) mass is 534 g/mol. The van der Waals surface area contributed by atoms with Gasteiger partial charge in [-0.05, 0) is 62.1 Å². The lowest BCUT2D eigenvalue weighted by molar-refractivity contribution is 0.154. The first kappa shape index (κ1) is 24.3. The predicted octanol–water partition coefficient (Wildman–Crippen LogP) is 7.09. The Morgan fingerprint density at radius 2 is 1.68 bits per heavy atom. The summed E-state index contributed by atoms with van der Waals surface area (Å²) in [5.41, 5.74) is 6.19. The number of nitrogens with zero attached hydrogens (tertiary/aromatic N) is 4. The first-order valence-electron chi connectivity index (χ1n) is 13.4. The Labute approximate surface area is 229 Å². The molecule has 0 spiro atoms. The summed E-state index contributed by atoms with van der Waals surface area (Å²) in [5, 5.41) is 9.45. The molecule has 7 rings (SSSR count). The van der Waals surface area contributed by atoms with Crippen molar-refractivity contribution in [3.8, 4) is 45.4 Å². The summed E-state index contributed by atoms with van der Waals surface area (Å²) in [4.78, 5) is 17.1. The Bertz CT molecular complexity index is 1840. The molecule has 1 fully saturated rings. The number of H-pyrrole nitrogens is 2. The molecule has 2 N–H and O–H groups in total. The fourth-order valence-corrected chi connectivity index (χ4v) is 5.51. The third kappa shape index (κ3) is 4.53. The minimum atomic E-state index is -0.384. The quantitative estimate of drug-likeness (QED) is 0.237. The molecule has 5 aromatic heterocycles. The molecule has 8 nitrogen and oxygen atoms in total. The van der Waals surface area contributed by atoms with E-state index in [-0.39, 0.29) is 11.9 Å². The van der Waals surface area contributed by atoms with E-state index in [1.54, 1.807) is 30.9 Å². The third-order valence-corrected chi connectivity index (χ3v) is 7.49. The molecule has 0 aliphatic heterocycles. The van der Waals surface area contributed by atoms with Crippen molar-refractivity contribution in [2.75, 3.05) is 7.11 Å². The SMILES string of the molecule is COc1cc(F)cc(-c2nccc3[nH]c(-c4n[nH]c5cnc(-c6cncc(OC7CCCCC7)c6)cc45)cc23)c1. The molecule has 40 heavy (non-hydrogen) atoms. The number of rotatable bonds is 6. The van der Waals surface area contributed by atoms with Gasteiger partial charge in [0.1, 0.15) is 23.0 Å². The van der Waals surface area contributed by atoms with Gasteiger partial charge >= 0.3 is 0 Å². The van der Waals surface area contributed by atoms with Gasteiger partial charge in [-0.3, -0.25) is 20.1 Å². The highest BCUT2D eigenvalue weighted by Crippen LogP contribution is 2.35. The highest BCUT2D eigenvalue weighted by molar-refractivity contribution is 6.00. The fraction of sp³-hybridized carbons (Fsp3) is 0.226. The van der Waals surface area contributed by atoms with E-state index in [0.29, 0.717) is 17.0 Å². The number of hydrogen-bond donors (Lipinski definition) is 2. The van der Waals surface area contributed by atoms with E-state index in [2.05, 4.69) is 30.1 Å². The van der Waals surface area contributed by atoms with Crippen molar-refractivity contribution in [1.29, 1.82) is 0 Å². The van der Waals surface area contributed by atoms with E-state index in [0.717, 1.165) is 63.0 Å². The van der Waals surface area contributed by atoms with Gasteiger partial charge < -0.3 is 14.5 Å². The van der Waals surface area contributed by atoms with Crippen molar-refractivity contribution in [3.05, 3.63) is 73.1 Å². The molecule has 0 saturated heterocycles. The summed E-state index contributed by atoms with van der Waals surface area (Å²) >= 11 is 0. The number of fused-ring (bicyclic) bond motifs is 2. The van der Waals surface area contributed by atoms with Gasteiger partial charge in [0.2, 0.25) is 0 Å². The number of aromatic nitrogens is 6. The van der Waals surface area contributed by atoms with Crippen molar-refractivity contribution in [1.82, 2.24) is 30.1 Å². The first-order chi connectivity index (χ1) is 19.6. The van der Waals surface area contributed by atoms with Gasteiger partial charge in [0.25, 0.3) is 0 Å². The highest BCUT2D eigenvalue weighted by atomic mass is 19.1. The number of halogens is 1. The zero-order chi connectivity index (χ0) is 27.1.